The number of rotatable bonds is 6. The van der Waals surface area contributed by atoms with E-state index >= 15 is 0 Å². The largest absolute Gasteiger partial charge is 0.396 e. The summed E-state index contributed by atoms with van der Waals surface area (Å²) in [6.07, 6.45) is 0.709. The Labute approximate surface area is 147 Å². The lowest BCUT2D eigenvalue weighted by molar-refractivity contribution is 0.0499. The maximum Gasteiger partial charge on any atom is 0.159 e. The normalized spacial score (nSPS) is 19.2. The fourth-order valence-electron chi connectivity index (χ4n) is 3.45. The highest BCUT2D eigenvalue weighted by Gasteiger charge is 2.26. The summed E-state index contributed by atoms with van der Waals surface area (Å²) < 4.78 is 26.5. The number of halogens is 2. The van der Waals surface area contributed by atoms with Gasteiger partial charge in [0.2, 0.25) is 0 Å². The highest BCUT2D eigenvalue weighted by atomic mass is 19.2. The Kier molecular flexibility index (Phi) is 6.13. The molecule has 0 radical (unpaired) electrons. The molecule has 2 aromatic carbocycles. The lowest BCUT2D eigenvalue weighted by Crippen LogP contribution is -2.52. The van der Waals surface area contributed by atoms with Gasteiger partial charge >= 0.3 is 0 Å². The first-order valence-electron chi connectivity index (χ1n) is 8.71. The fraction of sp³-hybridized carbons (Fsp3) is 0.400. The third-order valence-electron chi connectivity index (χ3n) is 4.77. The number of hydrogen-bond donors (Lipinski definition) is 1. The van der Waals surface area contributed by atoms with Crippen LogP contribution in [0, 0.1) is 11.6 Å². The van der Waals surface area contributed by atoms with E-state index in [-0.39, 0.29) is 12.6 Å². The molecule has 5 heteroatoms. The molecule has 0 bridgehead atoms. The zero-order valence-corrected chi connectivity index (χ0v) is 14.2. The Bertz CT molecular complexity index is 681. The summed E-state index contributed by atoms with van der Waals surface area (Å²) in [5.74, 6) is -1.61. The van der Waals surface area contributed by atoms with E-state index < -0.39 is 11.6 Å². The molecule has 1 N–H and O–H groups in total. The van der Waals surface area contributed by atoms with Crippen molar-refractivity contribution in [3.8, 4) is 0 Å². The molecule has 0 unspecified atom stereocenters. The van der Waals surface area contributed by atoms with Crippen LogP contribution in [0.25, 0.3) is 0 Å². The number of piperazine rings is 1. The van der Waals surface area contributed by atoms with Crippen LogP contribution in [0.15, 0.2) is 48.5 Å². The van der Waals surface area contributed by atoms with Crippen LogP contribution in [0.4, 0.5) is 8.78 Å². The monoisotopic (exact) mass is 346 g/mol. The number of aliphatic hydroxyl groups excluding tert-OH is 1. The van der Waals surface area contributed by atoms with E-state index in [9.17, 15) is 13.9 Å². The van der Waals surface area contributed by atoms with Gasteiger partial charge in [-0.05, 0) is 29.7 Å². The maximum absolute atomic E-state index is 13.4. The van der Waals surface area contributed by atoms with Gasteiger partial charge in [-0.1, -0.05) is 36.4 Å². The number of aliphatic hydroxyl groups is 1. The molecule has 0 aromatic heterocycles. The fourth-order valence-corrected chi connectivity index (χ4v) is 3.45. The van der Waals surface area contributed by atoms with Crippen molar-refractivity contribution in [3.63, 3.8) is 0 Å². The van der Waals surface area contributed by atoms with Gasteiger partial charge in [0.15, 0.2) is 11.6 Å². The third kappa shape index (κ3) is 4.84. The molecule has 2 aromatic rings. The zero-order chi connectivity index (χ0) is 17.6. The van der Waals surface area contributed by atoms with Crippen molar-refractivity contribution in [2.24, 2.45) is 0 Å². The Morgan fingerprint density at radius 2 is 1.72 bits per heavy atom. The minimum atomic E-state index is -0.811. The average Bonchev–Trinajstić information content (AvgIpc) is 2.62. The Hall–Kier alpha value is -1.82. The molecule has 0 aliphatic carbocycles. The summed E-state index contributed by atoms with van der Waals surface area (Å²) in [5, 5.41) is 9.41. The molecule has 1 aliphatic heterocycles. The van der Waals surface area contributed by atoms with E-state index in [2.05, 4.69) is 21.9 Å². The molecule has 134 valence electrons. The van der Waals surface area contributed by atoms with Crippen LogP contribution in [-0.2, 0) is 13.1 Å². The molecule has 3 nitrogen and oxygen atoms in total. The van der Waals surface area contributed by atoms with E-state index in [0.717, 1.165) is 31.7 Å². The molecule has 1 heterocycles. The first-order chi connectivity index (χ1) is 12.2. The summed E-state index contributed by atoms with van der Waals surface area (Å²) >= 11 is 0. The second-order valence-corrected chi connectivity index (χ2v) is 6.61. The lowest BCUT2D eigenvalue weighted by Gasteiger charge is -2.41. The van der Waals surface area contributed by atoms with Crippen LogP contribution in [0.5, 0.6) is 0 Å². The van der Waals surface area contributed by atoms with E-state index in [4.69, 9.17) is 0 Å². The summed E-state index contributed by atoms with van der Waals surface area (Å²) in [5.41, 5.74) is 2.04. The van der Waals surface area contributed by atoms with Crippen LogP contribution in [-0.4, -0.2) is 47.2 Å². The van der Waals surface area contributed by atoms with Crippen LogP contribution >= 0.6 is 0 Å². The van der Waals surface area contributed by atoms with E-state index in [1.165, 1.54) is 17.7 Å². The van der Waals surface area contributed by atoms with Crippen molar-refractivity contribution in [3.05, 3.63) is 71.3 Å². The van der Waals surface area contributed by atoms with Gasteiger partial charge in [-0.15, -0.1) is 0 Å². The van der Waals surface area contributed by atoms with Crippen molar-refractivity contribution < 1.29 is 13.9 Å². The smallest absolute Gasteiger partial charge is 0.159 e. The van der Waals surface area contributed by atoms with E-state index in [1.807, 2.05) is 18.2 Å². The highest BCUT2D eigenvalue weighted by molar-refractivity contribution is 5.18. The maximum atomic E-state index is 13.4. The number of benzene rings is 2. The summed E-state index contributed by atoms with van der Waals surface area (Å²) in [6.45, 7) is 4.18. The molecule has 25 heavy (non-hydrogen) atoms. The molecule has 0 amide bonds. The van der Waals surface area contributed by atoms with E-state index in [1.54, 1.807) is 6.07 Å². The summed E-state index contributed by atoms with van der Waals surface area (Å²) in [6, 6.07) is 14.7. The summed E-state index contributed by atoms with van der Waals surface area (Å²) in [7, 11) is 0. The first kappa shape index (κ1) is 18.0. The van der Waals surface area contributed by atoms with Gasteiger partial charge in [-0.2, -0.15) is 0 Å². The van der Waals surface area contributed by atoms with Crippen molar-refractivity contribution >= 4 is 0 Å². The minimum absolute atomic E-state index is 0.148. The average molecular weight is 346 g/mol. The Balaban J connectivity index is 1.63. The van der Waals surface area contributed by atoms with Gasteiger partial charge in [-0.25, -0.2) is 8.78 Å². The standard InChI is InChI=1S/C20H24F2N2O/c21-19-7-6-17(12-20(19)22)13-23-9-10-24(18(15-23)8-11-25)14-16-4-2-1-3-5-16/h1-7,12,18,25H,8-11,13-15H2/t18-/m1/s1. The Morgan fingerprint density at radius 3 is 2.44 bits per heavy atom. The molecule has 0 spiro atoms. The molecule has 3 rings (SSSR count). The van der Waals surface area contributed by atoms with Gasteiger partial charge in [0, 0.05) is 45.4 Å². The highest BCUT2D eigenvalue weighted by Crippen LogP contribution is 2.19. The van der Waals surface area contributed by atoms with Gasteiger partial charge in [0.05, 0.1) is 0 Å². The second kappa shape index (κ2) is 8.52. The molecule has 0 saturated carbocycles. The summed E-state index contributed by atoms with van der Waals surface area (Å²) in [4.78, 5) is 4.64. The minimum Gasteiger partial charge on any atom is -0.396 e. The van der Waals surface area contributed by atoms with Crippen molar-refractivity contribution in [2.75, 3.05) is 26.2 Å². The van der Waals surface area contributed by atoms with Crippen molar-refractivity contribution in [2.45, 2.75) is 25.6 Å². The number of hydrogen-bond acceptors (Lipinski definition) is 3. The van der Waals surface area contributed by atoms with E-state index in [0.29, 0.717) is 13.0 Å². The predicted octanol–water partition coefficient (Wildman–Crippen LogP) is 3.03. The first-order valence-corrected chi connectivity index (χ1v) is 8.71. The molecular weight excluding hydrogens is 322 g/mol. The van der Waals surface area contributed by atoms with Gasteiger partial charge < -0.3 is 5.11 Å². The lowest BCUT2D eigenvalue weighted by atomic mass is 10.1. The Morgan fingerprint density at radius 1 is 0.920 bits per heavy atom. The molecular formula is C20H24F2N2O. The van der Waals surface area contributed by atoms with Gasteiger partial charge in [0.1, 0.15) is 0 Å². The topological polar surface area (TPSA) is 26.7 Å². The van der Waals surface area contributed by atoms with Crippen LogP contribution in [0.3, 0.4) is 0 Å². The van der Waals surface area contributed by atoms with Crippen LogP contribution < -0.4 is 0 Å². The van der Waals surface area contributed by atoms with Gasteiger partial charge in [-0.3, -0.25) is 9.80 Å². The molecule has 1 saturated heterocycles. The quantitative estimate of drug-likeness (QED) is 0.871. The second-order valence-electron chi connectivity index (χ2n) is 6.61. The van der Waals surface area contributed by atoms with Crippen molar-refractivity contribution in [1.82, 2.24) is 9.80 Å². The van der Waals surface area contributed by atoms with Crippen LogP contribution in [0.2, 0.25) is 0 Å². The molecule has 1 aliphatic rings. The zero-order valence-electron chi connectivity index (χ0n) is 14.2. The van der Waals surface area contributed by atoms with Crippen molar-refractivity contribution in [1.29, 1.82) is 0 Å². The van der Waals surface area contributed by atoms with Gasteiger partial charge in [0.25, 0.3) is 0 Å². The molecule has 1 atom stereocenters. The SMILES string of the molecule is OCC[C@@H]1CN(Cc2ccc(F)c(F)c2)CCN1Cc1ccccc1. The number of nitrogens with zero attached hydrogens (tertiary/aromatic N) is 2. The molecule has 1 fully saturated rings. The third-order valence-corrected chi connectivity index (χ3v) is 4.77. The van der Waals surface area contributed by atoms with Crippen LogP contribution in [0.1, 0.15) is 17.5 Å². The predicted molar refractivity (Wildman–Crippen MR) is 94.0 cm³/mol.